The quantitative estimate of drug-likeness (QED) is 0.594. The third kappa shape index (κ3) is 2.45. The van der Waals surface area contributed by atoms with Gasteiger partial charge in [-0.2, -0.15) is 9.35 Å². The average Bonchev–Trinajstić information content (AvgIpc) is 2.69. The van der Waals surface area contributed by atoms with Gasteiger partial charge < -0.3 is 16.0 Å². The lowest BCUT2D eigenvalue weighted by molar-refractivity contribution is -0.129. The minimum Gasteiger partial charge on any atom is -0.352 e. The Hall–Kier alpha value is -1.19. The van der Waals surface area contributed by atoms with Gasteiger partial charge in [-0.15, -0.1) is 0 Å². The number of carbonyl (C=O) groups excluding carboxylic acids is 2. The number of fused-ring (bicyclic) bond motifs is 2. The van der Waals surface area contributed by atoms with Gasteiger partial charge in [0.2, 0.25) is 5.91 Å². The first-order valence-corrected chi connectivity index (χ1v) is 8.90. The van der Waals surface area contributed by atoms with Crippen LogP contribution in [-0.2, 0) is 21.0 Å². The van der Waals surface area contributed by atoms with Gasteiger partial charge in [0.15, 0.2) is 11.9 Å². The van der Waals surface area contributed by atoms with Gasteiger partial charge in [-0.1, -0.05) is 0 Å². The van der Waals surface area contributed by atoms with Crippen LogP contribution in [0.25, 0.3) is 0 Å². The second kappa shape index (κ2) is 5.42. The summed E-state index contributed by atoms with van der Waals surface area (Å²) >= 11 is -0.549. The zero-order valence-corrected chi connectivity index (χ0v) is 13.7. The monoisotopic (exact) mass is 342 g/mol. The predicted molar refractivity (Wildman–Crippen MR) is 82.2 cm³/mol. The van der Waals surface area contributed by atoms with E-state index in [4.69, 9.17) is 10.0 Å². The third-order valence-corrected chi connectivity index (χ3v) is 6.09. The molecule has 0 aromatic carbocycles. The Morgan fingerprint density at radius 1 is 1.30 bits per heavy atom. The second-order valence-corrected chi connectivity index (χ2v) is 7.76. The molecule has 4 rings (SSSR count). The summed E-state index contributed by atoms with van der Waals surface area (Å²) in [5, 5.41) is 4.21. The van der Waals surface area contributed by atoms with Crippen LogP contribution in [-0.4, -0.2) is 56.8 Å². The predicted octanol–water partition coefficient (Wildman–Crippen LogP) is -0.567. The zero-order valence-electron chi connectivity index (χ0n) is 12.8. The number of thiol groups is 1. The zero-order chi connectivity index (χ0) is 16.2. The molecule has 8 nitrogen and oxygen atoms in total. The highest BCUT2D eigenvalue weighted by molar-refractivity contribution is 7.60. The summed E-state index contributed by atoms with van der Waals surface area (Å²) in [6.45, 7) is 0.454. The van der Waals surface area contributed by atoms with Crippen molar-refractivity contribution >= 4 is 23.9 Å². The molecule has 2 unspecified atom stereocenters. The molecule has 4 fully saturated rings. The lowest BCUT2D eigenvalue weighted by atomic mass is 9.52. The van der Waals surface area contributed by atoms with Gasteiger partial charge in [-0.25, -0.2) is 9.00 Å². The second-order valence-electron chi connectivity index (χ2n) is 7.45. The number of urea groups is 1. The number of hydrogen-bond acceptors (Lipinski definition) is 5. The van der Waals surface area contributed by atoms with Crippen molar-refractivity contribution in [3.8, 4) is 0 Å². The first-order valence-electron chi connectivity index (χ1n) is 8.17. The summed E-state index contributed by atoms with van der Waals surface area (Å²) in [7, 11) is 0. The summed E-state index contributed by atoms with van der Waals surface area (Å²) < 4.78 is 15.4. The van der Waals surface area contributed by atoms with Gasteiger partial charge in [-0.05, 0) is 43.9 Å². The number of nitrogens with zero attached hydrogens (tertiary/aromatic N) is 2. The molecule has 2 atom stereocenters. The van der Waals surface area contributed by atoms with E-state index in [0.717, 1.165) is 30.7 Å². The van der Waals surface area contributed by atoms with Crippen molar-refractivity contribution in [1.29, 1.82) is 0 Å². The number of nitrogens with two attached hydrogens (primary N) is 1. The molecular weight excluding hydrogens is 320 g/mol. The fourth-order valence-electron chi connectivity index (χ4n) is 4.82. The molecule has 2 saturated carbocycles. The summed E-state index contributed by atoms with van der Waals surface area (Å²) in [5.41, 5.74) is 6.22. The summed E-state index contributed by atoms with van der Waals surface area (Å²) in [4.78, 5) is 26.3. The third-order valence-electron chi connectivity index (χ3n) is 5.84. The van der Waals surface area contributed by atoms with Gasteiger partial charge in [0.05, 0.1) is 6.04 Å². The van der Waals surface area contributed by atoms with E-state index >= 15 is 0 Å². The highest BCUT2D eigenvalue weighted by Gasteiger charge is 2.53. The Kier molecular flexibility index (Phi) is 3.62. The number of hydroxylamine groups is 2. The smallest absolute Gasteiger partial charge is 0.346 e. The molecule has 3 amide bonds. The summed E-state index contributed by atoms with van der Waals surface area (Å²) in [6.07, 6.45) is 5.42. The number of nitrogens with one attached hydrogen (secondary N) is 1. The van der Waals surface area contributed by atoms with Crippen molar-refractivity contribution in [2.75, 3.05) is 6.54 Å². The molecular formula is C14H22N4O4S. The molecule has 3 N–H and O–H groups in total. The van der Waals surface area contributed by atoms with Crippen LogP contribution >= 0.6 is 0 Å². The maximum atomic E-state index is 12.5. The molecule has 0 radical (unpaired) electrons. The van der Waals surface area contributed by atoms with Gasteiger partial charge >= 0.3 is 6.03 Å². The summed E-state index contributed by atoms with van der Waals surface area (Å²) in [6, 6.07) is -0.397. The number of rotatable bonds is 4. The van der Waals surface area contributed by atoms with Crippen molar-refractivity contribution in [2.45, 2.75) is 62.7 Å². The van der Waals surface area contributed by atoms with Crippen LogP contribution < -0.4 is 11.1 Å². The SMILES string of the molecule is NC1CC2(C1)CC(NC(=O)C1CCC3CN1C(=O)N3O[SH]=O)C2. The van der Waals surface area contributed by atoms with Crippen LogP contribution in [0, 0.1) is 5.41 Å². The summed E-state index contributed by atoms with van der Waals surface area (Å²) in [5.74, 6) is -0.0817. The topological polar surface area (TPSA) is 105 Å². The Morgan fingerprint density at radius 2 is 2.04 bits per heavy atom. The number of hydrogen-bond donors (Lipinski definition) is 3. The highest BCUT2D eigenvalue weighted by Crippen LogP contribution is 2.55. The van der Waals surface area contributed by atoms with Crippen LogP contribution in [0.3, 0.4) is 0 Å². The molecule has 4 aliphatic rings. The van der Waals surface area contributed by atoms with Crippen molar-refractivity contribution in [2.24, 2.45) is 11.1 Å². The van der Waals surface area contributed by atoms with E-state index in [1.807, 2.05) is 0 Å². The molecule has 0 aromatic heterocycles. The van der Waals surface area contributed by atoms with Gasteiger partial charge in [0.25, 0.3) is 0 Å². The van der Waals surface area contributed by atoms with Gasteiger partial charge in [-0.3, -0.25) is 4.79 Å². The Morgan fingerprint density at radius 3 is 2.70 bits per heavy atom. The Bertz CT molecular complexity index is 545. The van der Waals surface area contributed by atoms with Crippen LogP contribution in [0.5, 0.6) is 0 Å². The Balaban J connectivity index is 1.33. The van der Waals surface area contributed by atoms with Crippen LogP contribution in [0.4, 0.5) is 4.79 Å². The van der Waals surface area contributed by atoms with E-state index in [-0.39, 0.29) is 24.0 Å². The number of piperidine rings is 1. The van der Waals surface area contributed by atoms with E-state index in [1.54, 1.807) is 0 Å². The van der Waals surface area contributed by atoms with Gasteiger partial charge in [0.1, 0.15) is 6.04 Å². The fourth-order valence-corrected chi connectivity index (χ4v) is 5.09. The van der Waals surface area contributed by atoms with E-state index in [0.29, 0.717) is 30.8 Å². The fraction of sp³-hybridized carbons (Fsp3) is 0.857. The molecule has 2 bridgehead atoms. The normalized spacial score (nSPS) is 41.7. The van der Waals surface area contributed by atoms with E-state index in [9.17, 15) is 13.8 Å². The molecule has 2 aliphatic carbocycles. The number of amides is 3. The van der Waals surface area contributed by atoms with E-state index in [2.05, 4.69) is 5.32 Å². The maximum absolute atomic E-state index is 12.5. The van der Waals surface area contributed by atoms with Crippen molar-refractivity contribution in [1.82, 2.24) is 15.3 Å². The molecule has 9 heteroatoms. The molecule has 128 valence electrons. The van der Waals surface area contributed by atoms with Crippen LogP contribution in [0.2, 0.25) is 0 Å². The minimum absolute atomic E-state index is 0.0817. The molecule has 2 aliphatic heterocycles. The lowest BCUT2D eigenvalue weighted by Gasteiger charge is -2.57. The molecule has 1 spiro atoms. The first kappa shape index (κ1) is 15.3. The van der Waals surface area contributed by atoms with Crippen molar-refractivity contribution < 1.29 is 18.1 Å². The van der Waals surface area contributed by atoms with Crippen LogP contribution in [0.15, 0.2) is 0 Å². The lowest BCUT2D eigenvalue weighted by Crippen LogP contribution is -2.61. The van der Waals surface area contributed by atoms with Crippen LogP contribution in [0.1, 0.15) is 38.5 Å². The molecule has 0 aromatic rings. The molecule has 2 heterocycles. The van der Waals surface area contributed by atoms with Crippen molar-refractivity contribution in [3.63, 3.8) is 0 Å². The standard InChI is InChI=1S/C14H22N4O4S/c15-8-3-14(4-8)5-9(6-14)16-12(19)11-2-1-10-7-17(11)13(20)18(10)22-23-21/h8-11,23H,1-7,15H2,(H,16,19). The van der Waals surface area contributed by atoms with Crippen molar-refractivity contribution in [3.05, 3.63) is 0 Å². The van der Waals surface area contributed by atoms with E-state index < -0.39 is 18.0 Å². The van der Waals surface area contributed by atoms with E-state index in [1.165, 1.54) is 4.90 Å². The average molecular weight is 342 g/mol. The molecule has 23 heavy (non-hydrogen) atoms. The Labute approximate surface area is 138 Å². The maximum Gasteiger partial charge on any atom is 0.346 e. The van der Waals surface area contributed by atoms with Gasteiger partial charge in [0, 0.05) is 18.6 Å². The largest absolute Gasteiger partial charge is 0.352 e. The number of carbonyl (C=O) groups is 2. The molecule has 2 saturated heterocycles. The minimum atomic E-state index is -0.549. The first-order chi connectivity index (χ1) is 11.0. The highest BCUT2D eigenvalue weighted by atomic mass is 32.2.